The predicted molar refractivity (Wildman–Crippen MR) is 76.1 cm³/mol. The third kappa shape index (κ3) is 4.75. The molecule has 0 aliphatic carbocycles. The molecule has 5 N–H and O–H groups in total. The van der Waals surface area contributed by atoms with Crippen molar-refractivity contribution in [2.45, 2.75) is 26.2 Å². The Balaban J connectivity index is 2.60. The van der Waals surface area contributed by atoms with Gasteiger partial charge >= 0.3 is 0 Å². The van der Waals surface area contributed by atoms with E-state index in [1.54, 1.807) is 6.20 Å². The second-order valence-electron chi connectivity index (χ2n) is 4.08. The maximum Gasteiger partial charge on any atom is 0.239 e. The molecule has 0 aliphatic heterocycles. The molecule has 0 saturated carbocycles. The lowest BCUT2D eigenvalue weighted by molar-refractivity contribution is 0.255. The molecule has 1 atom stereocenters. The minimum atomic E-state index is 0.215. The van der Waals surface area contributed by atoms with Gasteiger partial charge in [0.1, 0.15) is 5.82 Å². The fourth-order valence-electron chi connectivity index (χ4n) is 1.74. The first-order chi connectivity index (χ1) is 8.71. The van der Waals surface area contributed by atoms with Gasteiger partial charge < -0.3 is 10.4 Å². The second kappa shape index (κ2) is 8.23. The second-order valence-corrected chi connectivity index (χ2v) is 4.94. The molecule has 102 valence electrons. The minimum absolute atomic E-state index is 0.215. The molecule has 6 nitrogen and oxygen atoms in total. The molecule has 7 heteroatoms. The number of hydrogen-bond donors (Lipinski definition) is 4. The van der Waals surface area contributed by atoms with Crippen molar-refractivity contribution in [3.05, 3.63) is 10.7 Å². The van der Waals surface area contributed by atoms with Crippen LogP contribution in [0.4, 0.5) is 11.8 Å². The molecule has 0 aliphatic rings. The fraction of sp³-hybridized carbons (Fsp3) is 0.636. The molecule has 0 amide bonds. The van der Waals surface area contributed by atoms with Crippen molar-refractivity contribution in [3.8, 4) is 0 Å². The zero-order chi connectivity index (χ0) is 13.4. The minimum Gasteiger partial charge on any atom is -0.396 e. The van der Waals surface area contributed by atoms with E-state index in [1.807, 2.05) is 0 Å². The normalized spacial score (nSPS) is 12.2. The molecule has 1 heterocycles. The van der Waals surface area contributed by atoms with Crippen molar-refractivity contribution in [3.63, 3.8) is 0 Å². The summed E-state index contributed by atoms with van der Waals surface area (Å²) in [7, 11) is 0. The zero-order valence-electron chi connectivity index (χ0n) is 10.5. The van der Waals surface area contributed by atoms with E-state index in [4.69, 9.17) is 10.9 Å². The van der Waals surface area contributed by atoms with Crippen LogP contribution in [-0.2, 0) is 0 Å². The van der Waals surface area contributed by atoms with Crippen LogP contribution < -0.4 is 16.6 Å². The fourth-order valence-corrected chi connectivity index (χ4v) is 2.07. The zero-order valence-corrected chi connectivity index (χ0v) is 12.1. The quantitative estimate of drug-likeness (QED) is 0.431. The molecule has 0 saturated heterocycles. The highest BCUT2D eigenvalue weighted by molar-refractivity contribution is 9.10. The van der Waals surface area contributed by atoms with Crippen LogP contribution in [-0.4, -0.2) is 28.2 Å². The van der Waals surface area contributed by atoms with Gasteiger partial charge in [0.15, 0.2) is 0 Å². The molecule has 1 aromatic rings. The van der Waals surface area contributed by atoms with Crippen molar-refractivity contribution in [1.82, 2.24) is 9.97 Å². The maximum atomic E-state index is 9.01. The number of aliphatic hydroxyl groups is 1. The van der Waals surface area contributed by atoms with Crippen LogP contribution in [0.3, 0.4) is 0 Å². The van der Waals surface area contributed by atoms with Gasteiger partial charge in [-0.05, 0) is 34.7 Å². The summed E-state index contributed by atoms with van der Waals surface area (Å²) >= 11 is 3.38. The number of hydrazine groups is 1. The maximum absolute atomic E-state index is 9.01. The van der Waals surface area contributed by atoms with Gasteiger partial charge in [-0.2, -0.15) is 4.98 Å². The molecule has 0 radical (unpaired) electrons. The number of nitrogen functional groups attached to an aromatic ring is 1. The van der Waals surface area contributed by atoms with Gasteiger partial charge in [-0.1, -0.05) is 13.3 Å². The first kappa shape index (κ1) is 15.1. The largest absolute Gasteiger partial charge is 0.396 e. The standard InChI is InChI=1S/C11H20BrN5O/c1-2-3-8(4-5-18)6-14-10-9(12)7-15-11(16-10)17-13/h7-8,18H,2-6,13H2,1H3,(H2,14,15,16,17). The number of nitrogens with zero attached hydrogens (tertiary/aromatic N) is 2. The van der Waals surface area contributed by atoms with E-state index in [2.05, 4.69) is 43.6 Å². The van der Waals surface area contributed by atoms with Gasteiger partial charge in [0, 0.05) is 19.3 Å². The van der Waals surface area contributed by atoms with Crippen LogP contribution in [0.15, 0.2) is 10.7 Å². The van der Waals surface area contributed by atoms with Crippen molar-refractivity contribution in [1.29, 1.82) is 0 Å². The van der Waals surface area contributed by atoms with E-state index in [9.17, 15) is 0 Å². The highest BCUT2D eigenvalue weighted by Crippen LogP contribution is 2.21. The van der Waals surface area contributed by atoms with E-state index in [0.717, 1.165) is 30.3 Å². The van der Waals surface area contributed by atoms with Crippen LogP contribution >= 0.6 is 15.9 Å². The first-order valence-corrected chi connectivity index (χ1v) is 6.84. The monoisotopic (exact) mass is 317 g/mol. The SMILES string of the molecule is CCCC(CCO)CNc1nc(NN)ncc1Br. The first-order valence-electron chi connectivity index (χ1n) is 6.05. The number of nitrogens with one attached hydrogen (secondary N) is 2. The van der Waals surface area contributed by atoms with Gasteiger partial charge in [0.25, 0.3) is 0 Å². The summed E-state index contributed by atoms with van der Waals surface area (Å²) in [6, 6.07) is 0. The number of aromatic nitrogens is 2. The van der Waals surface area contributed by atoms with E-state index in [-0.39, 0.29) is 6.61 Å². The average Bonchev–Trinajstić information content (AvgIpc) is 2.38. The Morgan fingerprint density at radius 1 is 1.50 bits per heavy atom. The highest BCUT2D eigenvalue weighted by Gasteiger charge is 2.09. The summed E-state index contributed by atoms with van der Waals surface area (Å²) in [6.07, 6.45) is 4.63. The van der Waals surface area contributed by atoms with Crippen molar-refractivity contribution < 1.29 is 5.11 Å². The number of halogens is 1. The van der Waals surface area contributed by atoms with Crippen LogP contribution in [0.5, 0.6) is 0 Å². The van der Waals surface area contributed by atoms with E-state index in [1.165, 1.54) is 0 Å². The van der Waals surface area contributed by atoms with Gasteiger partial charge in [-0.15, -0.1) is 0 Å². The highest BCUT2D eigenvalue weighted by atomic mass is 79.9. The summed E-state index contributed by atoms with van der Waals surface area (Å²) in [5.41, 5.74) is 2.41. The number of rotatable bonds is 8. The summed E-state index contributed by atoms with van der Waals surface area (Å²) in [6.45, 7) is 3.13. The van der Waals surface area contributed by atoms with E-state index in [0.29, 0.717) is 17.7 Å². The van der Waals surface area contributed by atoms with Crippen LogP contribution in [0, 0.1) is 5.92 Å². The Morgan fingerprint density at radius 2 is 2.28 bits per heavy atom. The summed E-state index contributed by atoms with van der Waals surface area (Å²) < 4.78 is 0.792. The molecule has 1 unspecified atom stereocenters. The predicted octanol–water partition coefficient (Wildman–Crippen LogP) is 1.74. The van der Waals surface area contributed by atoms with Gasteiger partial charge in [-0.3, -0.25) is 5.43 Å². The molecular formula is C11H20BrN5O. The summed E-state index contributed by atoms with van der Waals surface area (Å²) in [5.74, 6) is 6.79. The van der Waals surface area contributed by atoms with Gasteiger partial charge in [0.2, 0.25) is 5.95 Å². The van der Waals surface area contributed by atoms with Crippen LogP contribution in [0.1, 0.15) is 26.2 Å². The summed E-state index contributed by atoms with van der Waals surface area (Å²) in [5, 5.41) is 12.3. The lowest BCUT2D eigenvalue weighted by atomic mass is 10.0. The Morgan fingerprint density at radius 3 is 2.89 bits per heavy atom. The Bertz CT molecular complexity index is 357. The van der Waals surface area contributed by atoms with Crippen molar-refractivity contribution in [2.24, 2.45) is 11.8 Å². The third-order valence-corrected chi connectivity index (χ3v) is 3.25. The van der Waals surface area contributed by atoms with Crippen molar-refractivity contribution >= 4 is 27.7 Å². The smallest absolute Gasteiger partial charge is 0.239 e. The van der Waals surface area contributed by atoms with Gasteiger partial charge in [0.05, 0.1) is 4.47 Å². The third-order valence-electron chi connectivity index (χ3n) is 2.67. The molecule has 18 heavy (non-hydrogen) atoms. The van der Waals surface area contributed by atoms with Gasteiger partial charge in [-0.25, -0.2) is 10.8 Å². The Kier molecular flexibility index (Phi) is 6.92. The van der Waals surface area contributed by atoms with Crippen LogP contribution in [0.25, 0.3) is 0 Å². The van der Waals surface area contributed by atoms with E-state index < -0.39 is 0 Å². The molecule has 0 fully saturated rings. The molecule has 0 spiro atoms. The lowest BCUT2D eigenvalue weighted by Gasteiger charge is -2.16. The lowest BCUT2D eigenvalue weighted by Crippen LogP contribution is -2.18. The Hall–Kier alpha value is -0.920. The number of anilines is 2. The topological polar surface area (TPSA) is 96.1 Å². The molecule has 1 rings (SSSR count). The van der Waals surface area contributed by atoms with Crippen LogP contribution in [0.2, 0.25) is 0 Å². The number of aliphatic hydroxyl groups excluding tert-OH is 1. The Labute approximate surface area is 115 Å². The number of hydrogen-bond acceptors (Lipinski definition) is 6. The number of nitrogens with two attached hydrogens (primary N) is 1. The molecule has 1 aromatic heterocycles. The average molecular weight is 318 g/mol. The molecule has 0 bridgehead atoms. The molecule has 0 aromatic carbocycles. The molecular weight excluding hydrogens is 298 g/mol. The van der Waals surface area contributed by atoms with E-state index >= 15 is 0 Å². The van der Waals surface area contributed by atoms with Crippen molar-refractivity contribution in [2.75, 3.05) is 23.9 Å². The summed E-state index contributed by atoms with van der Waals surface area (Å²) in [4.78, 5) is 8.20.